The zero-order valence-corrected chi connectivity index (χ0v) is 11.4. The Morgan fingerprint density at radius 3 is 2.90 bits per heavy atom. The molecule has 2 amide bonds. The van der Waals surface area contributed by atoms with Gasteiger partial charge in [-0.05, 0) is 31.4 Å². The highest BCUT2D eigenvalue weighted by Crippen LogP contribution is 2.18. The van der Waals surface area contributed by atoms with Gasteiger partial charge in [-0.15, -0.1) is 0 Å². The molecule has 0 unspecified atom stereocenters. The van der Waals surface area contributed by atoms with Crippen LogP contribution in [-0.4, -0.2) is 29.4 Å². The van der Waals surface area contributed by atoms with Crippen molar-refractivity contribution in [2.75, 3.05) is 6.54 Å². The van der Waals surface area contributed by atoms with Gasteiger partial charge in [0, 0.05) is 37.3 Å². The van der Waals surface area contributed by atoms with Gasteiger partial charge in [-0.25, -0.2) is 0 Å². The van der Waals surface area contributed by atoms with Gasteiger partial charge in [-0.3, -0.25) is 14.6 Å². The van der Waals surface area contributed by atoms with Gasteiger partial charge >= 0.3 is 0 Å². The van der Waals surface area contributed by atoms with Crippen LogP contribution >= 0.6 is 0 Å². The van der Waals surface area contributed by atoms with Crippen LogP contribution in [0.25, 0.3) is 0 Å². The fourth-order valence-corrected chi connectivity index (χ4v) is 1.81. The van der Waals surface area contributed by atoms with E-state index in [2.05, 4.69) is 15.6 Å². The number of nitrogens with two attached hydrogens (primary N) is 1. The van der Waals surface area contributed by atoms with Crippen molar-refractivity contribution in [3.05, 3.63) is 29.6 Å². The van der Waals surface area contributed by atoms with E-state index in [-0.39, 0.29) is 11.8 Å². The van der Waals surface area contributed by atoms with Crippen LogP contribution in [0.5, 0.6) is 0 Å². The maximum atomic E-state index is 11.9. The molecule has 1 heterocycles. The maximum Gasteiger partial charge on any atom is 0.251 e. The number of amides is 2. The minimum absolute atomic E-state index is 0.0658. The lowest BCUT2D eigenvalue weighted by atomic mass is 10.2. The number of hydrogen-bond donors (Lipinski definition) is 3. The summed E-state index contributed by atoms with van der Waals surface area (Å²) in [4.78, 5) is 27.3. The lowest BCUT2D eigenvalue weighted by Crippen LogP contribution is -2.28. The van der Waals surface area contributed by atoms with E-state index in [9.17, 15) is 9.59 Å². The Labute approximate surface area is 118 Å². The molecule has 0 aliphatic heterocycles. The summed E-state index contributed by atoms with van der Waals surface area (Å²) in [5, 5.41) is 5.70. The third-order valence-electron chi connectivity index (χ3n) is 3.10. The Morgan fingerprint density at radius 1 is 1.40 bits per heavy atom. The molecule has 0 aromatic carbocycles. The Hall–Kier alpha value is -1.95. The zero-order chi connectivity index (χ0) is 14.4. The molecule has 0 saturated heterocycles. The molecule has 4 N–H and O–H groups in total. The standard InChI is InChI=1S/C14H20N4O2/c15-9-12-8-10(5-7-16-12)14(20)17-6-1-2-13(19)18-11-3-4-11/h5,7-8,11H,1-4,6,9,15H2,(H,17,20)(H,18,19). The number of pyridine rings is 1. The number of hydrogen-bond acceptors (Lipinski definition) is 4. The number of nitrogens with one attached hydrogen (secondary N) is 2. The van der Waals surface area contributed by atoms with E-state index < -0.39 is 0 Å². The third kappa shape index (κ3) is 4.62. The Kier molecular flexibility index (Phi) is 5.06. The van der Waals surface area contributed by atoms with Gasteiger partial charge in [-0.2, -0.15) is 0 Å². The van der Waals surface area contributed by atoms with Crippen LogP contribution in [0.3, 0.4) is 0 Å². The molecular weight excluding hydrogens is 256 g/mol. The summed E-state index contributed by atoms with van der Waals surface area (Å²) in [6.45, 7) is 0.791. The van der Waals surface area contributed by atoms with E-state index in [1.165, 1.54) is 0 Å². The van der Waals surface area contributed by atoms with E-state index in [0.717, 1.165) is 12.8 Å². The summed E-state index contributed by atoms with van der Waals surface area (Å²) in [5.74, 6) is -0.0965. The van der Waals surface area contributed by atoms with Crippen molar-refractivity contribution in [1.29, 1.82) is 0 Å². The molecule has 1 aromatic heterocycles. The summed E-state index contributed by atoms with van der Waals surface area (Å²) in [7, 11) is 0. The second-order valence-corrected chi connectivity index (χ2v) is 4.94. The number of nitrogens with zero attached hydrogens (tertiary/aromatic N) is 1. The Balaban J connectivity index is 1.67. The molecule has 1 aromatic rings. The van der Waals surface area contributed by atoms with Crippen molar-refractivity contribution in [2.24, 2.45) is 5.73 Å². The quantitative estimate of drug-likeness (QED) is 0.625. The molecular formula is C14H20N4O2. The first-order valence-corrected chi connectivity index (χ1v) is 6.91. The molecule has 6 heteroatoms. The van der Waals surface area contributed by atoms with Crippen molar-refractivity contribution >= 4 is 11.8 Å². The smallest absolute Gasteiger partial charge is 0.251 e. The number of carbonyl (C=O) groups excluding carboxylic acids is 2. The summed E-state index contributed by atoms with van der Waals surface area (Å²) < 4.78 is 0. The fraction of sp³-hybridized carbons (Fsp3) is 0.500. The van der Waals surface area contributed by atoms with E-state index in [1.807, 2.05) is 0 Å². The van der Waals surface area contributed by atoms with E-state index in [1.54, 1.807) is 18.3 Å². The Morgan fingerprint density at radius 2 is 2.20 bits per heavy atom. The van der Waals surface area contributed by atoms with Crippen molar-refractivity contribution in [1.82, 2.24) is 15.6 Å². The van der Waals surface area contributed by atoms with E-state index in [0.29, 0.717) is 43.2 Å². The van der Waals surface area contributed by atoms with Crippen LogP contribution in [0, 0.1) is 0 Å². The number of carbonyl (C=O) groups is 2. The molecule has 2 rings (SSSR count). The van der Waals surface area contributed by atoms with Crippen LogP contribution in [0.15, 0.2) is 18.3 Å². The molecule has 1 aliphatic rings. The van der Waals surface area contributed by atoms with Gasteiger partial charge < -0.3 is 16.4 Å². The molecule has 1 saturated carbocycles. The molecule has 108 valence electrons. The summed E-state index contributed by atoms with van der Waals surface area (Å²) >= 11 is 0. The highest BCUT2D eigenvalue weighted by atomic mass is 16.2. The largest absolute Gasteiger partial charge is 0.353 e. The molecule has 20 heavy (non-hydrogen) atoms. The third-order valence-corrected chi connectivity index (χ3v) is 3.10. The van der Waals surface area contributed by atoms with Crippen LogP contribution in [-0.2, 0) is 11.3 Å². The van der Waals surface area contributed by atoms with Gasteiger partial charge in [0.1, 0.15) is 0 Å². The Bertz CT molecular complexity index is 486. The molecule has 6 nitrogen and oxygen atoms in total. The minimum Gasteiger partial charge on any atom is -0.353 e. The first-order valence-electron chi connectivity index (χ1n) is 6.91. The van der Waals surface area contributed by atoms with E-state index in [4.69, 9.17) is 5.73 Å². The highest BCUT2D eigenvalue weighted by molar-refractivity contribution is 5.94. The van der Waals surface area contributed by atoms with Crippen molar-refractivity contribution < 1.29 is 9.59 Å². The molecule has 0 spiro atoms. The lowest BCUT2D eigenvalue weighted by molar-refractivity contribution is -0.121. The zero-order valence-electron chi connectivity index (χ0n) is 11.4. The van der Waals surface area contributed by atoms with Crippen LogP contribution < -0.4 is 16.4 Å². The predicted octanol–water partition coefficient (Wildman–Crippen LogP) is 0.329. The molecule has 1 aliphatic carbocycles. The average molecular weight is 276 g/mol. The van der Waals surface area contributed by atoms with Gasteiger partial charge in [0.25, 0.3) is 5.91 Å². The minimum atomic E-state index is -0.162. The topological polar surface area (TPSA) is 97.1 Å². The molecule has 0 bridgehead atoms. The van der Waals surface area contributed by atoms with Crippen molar-refractivity contribution in [3.8, 4) is 0 Å². The van der Waals surface area contributed by atoms with Crippen molar-refractivity contribution in [3.63, 3.8) is 0 Å². The monoisotopic (exact) mass is 276 g/mol. The second-order valence-electron chi connectivity index (χ2n) is 4.94. The number of rotatable bonds is 7. The summed E-state index contributed by atoms with van der Waals surface area (Å²) in [5.41, 5.74) is 6.71. The first-order chi connectivity index (χ1) is 9.69. The molecule has 0 radical (unpaired) electrons. The van der Waals surface area contributed by atoms with Crippen LogP contribution in [0.1, 0.15) is 41.7 Å². The first kappa shape index (κ1) is 14.5. The van der Waals surface area contributed by atoms with Gasteiger partial charge in [0.05, 0.1) is 5.69 Å². The summed E-state index contributed by atoms with van der Waals surface area (Å²) in [6.07, 6.45) is 4.84. The van der Waals surface area contributed by atoms with Crippen LogP contribution in [0.2, 0.25) is 0 Å². The van der Waals surface area contributed by atoms with Crippen LogP contribution in [0.4, 0.5) is 0 Å². The van der Waals surface area contributed by atoms with Crippen molar-refractivity contribution in [2.45, 2.75) is 38.3 Å². The highest BCUT2D eigenvalue weighted by Gasteiger charge is 2.22. The van der Waals surface area contributed by atoms with Gasteiger partial charge in [-0.1, -0.05) is 0 Å². The lowest BCUT2D eigenvalue weighted by Gasteiger charge is -2.06. The normalized spacial score (nSPS) is 13.8. The molecule has 0 atom stereocenters. The van der Waals surface area contributed by atoms with Gasteiger partial charge in [0.2, 0.25) is 5.91 Å². The predicted molar refractivity (Wildman–Crippen MR) is 74.9 cm³/mol. The molecule has 1 fully saturated rings. The second kappa shape index (κ2) is 7.00. The maximum absolute atomic E-state index is 11.9. The average Bonchev–Trinajstić information content (AvgIpc) is 3.27. The number of aromatic nitrogens is 1. The fourth-order valence-electron chi connectivity index (χ4n) is 1.81. The van der Waals surface area contributed by atoms with Gasteiger partial charge in [0.15, 0.2) is 0 Å². The SMILES string of the molecule is NCc1cc(C(=O)NCCCC(=O)NC2CC2)ccn1. The van der Waals surface area contributed by atoms with E-state index >= 15 is 0 Å². The summed E-state index contributed by atoms with van der Waals surface area (Å²) in [6, 6.07) is 3.72.